The largest absolute Gasteiger partial charge is 0.468 e. The van der Waals surface area contributed by atoms with Crippen molar-refractivity contribution in [1.82, 2.24) is 10.6 Å². The Bertz CT molecular complexity index is 1780. The molecule has 3 rings (SSSR count). The average molecular weight is 799 g/mol. The van der Waals surface area contributed by atoms with Crippen molar-refractivity contribution in [2.24, 2.45) is 0 Å². The van der Waals surface area contributed by atoms with Gasteiger partial charge in [0, 0.05) is 37.2 Å². The predicted octanol–water partition coefficient (Wildman–Crippen LogP) is 5.75. The van der Waals surface area contributed by atoms with Crippen LogP contribution in [0.4, 0.5) is 16.2 Å². The molecule has 0 radical (unpaired) electrons. The lowest BCUT2D eigenvalue weighted by atomic mass is 10.1. The third kappa shape index (κ3) is 17.8. The van der Waals surface area contributed by atoms with Gasteiger partial charge in [-0.1, -0.05) is 24.3 Å². The van der Waals surface area contributed by atoms with Gasteiger partial charge in [0.25, 0.3) is 11.4 Å². The van der Waals surface area contributed by atoms with Gasteiger partial charge in [-0.15, -0.1) is 0 Å². The van der Waals surface area contributed by atoms with E-state index in [2.05, 4.69) is 10.6 Å². The Balaban J connectivity index is 1.43. The summed E-state index contributed by atoms with van der Waals surface area (Å²) in [7, 11) is 1.52. The van der Waals surface area contributed by atoms with E-state index < -0.39 is 38.8 Å². The number of nitrogens with one attached hydrogen (secondary N) is 2. The minimum atomic E-state index is -0.734. The fourth-order valence-corrected chi connectivity index (χ4v) is 5.29. The summed E-state index contributed by atoms with van der Waals surface area (Å²) in [4.78, 5) is 58.4. The van der Waals surface area contributed by atoms with E-state index in [9.17, 15) is 34.6 Å². The van der Waals surface area contributed by atoms with Crippen LogP contribution in [0, 0.1) is 20.2 Å². The Morgan fingerprint density at radius 3 is 2.07 bits per heavy atom. The molecule has 3 aromatic carbocycles. The van der Waals surface area contributed by atoms with Gasteiger partial charge in [0.2, 0.25) is 11.0 Å². The van der Waals surface area contributed by atoms with Crippen LogP contribution in [0.1, 0.15) is 43.0 Å². The molecule has 0 aliphatic carbocycles. The summed E-state index contributed by atoms with van der Waals surface area (Å²) in [5.74, 6) is 0.178. The number of rotatable bonds is 23. The number of amides is 2. The molecule has 2 N–H and O–H groups in total. The molecular weight excluding hydrogens is 752 g/mol. The quantitative estimate of drug-likeness (QED) is 0.0292. The summed E-state index contributed by atoms with van der Waals surface area (Å²) < 4.78 is 32.6. The van der Waals surface area contributed by atoms with Crippen LogP contribution < -0.4 is 15.4 Å². The zero-order valence-corrected chi connectivity index (χ0v) is 32.4. The van der Waals surface area contributed by atoms with Gasteiger partial charge < -0.3 is 39.1 Å². The normalized spacial score (nSPS) is 11.3. The zero-order chi connectivity index (χ0) is 40.9. The topological polar surface area (TPSA) is 217 Å². The van der Waals surface area contributed by atoms with Gasteiger partial charge in [-0.2, -0.15) is 0 Å². The Morgan fingerprint density at radius 2 is 1.45 bits per heavy atom. The molecule has 0 bridgehead atoms. The van der Waals surface area contributed by atoms with Crippen molar-refractivity contribution in [1.29, 1.82) is 0 Å². The fourth-order valence-electron chi connectivity index (χ4n) is 4.65. The van der Waals surface area contributed by atoms with Gasteiger partial charge in [-0.3, -0.25) is 29.8 Å². The highest BCUT2D eigenvalue weighted by Gasteiger charge is 2.17. The van der Waals surface area contributed by atoms with Gasteiger partial charge in [-0.05, 0) is 85.1 Å². The van der Waals surface area contributed by atoms with Crippen LogP contribution in [0.5, 0.6) is 5.75 Å². The lowest BCUT2D eigenvalue weighted by Crippen LogP contribution is -2.34. The highest BCUT2D eigenvalue weighted by molar-refractivity contribution is 8.14. The molecule has 0 aliphatic rings. The van der Waals surface area contributed by atoms with Gasteiger partial charge in [0.15, 0.2) is 6.79 Å². The van der Waals surface area contributed by atoms with Crippen LogP contribution in [0.3, 0.4) is 0 Å². The molecule has 0 saturated heterocycles. The monoisotopic (exact) mass is 798 g/mol. The van der Waals surface area contributed by atoms with Crippen molar-refractivity contribution < 1.29 is 52.7 Å². The molecule has 18 heteroatoms. The van der Waals surface area contributed by atoms with Gasteiger partial charge in [-0.25, -0.2) is 4.79 Å². The first-order valence-electron chi connectivity index (χ1n) is 17.4. The van der Waals surface area contributed by atoms with Gasteiger partial charge in [0.1, 0.15) is 11.4 Å². The molecule has 17 nitrogen and oxygen atoms in total. The molecule has 2 amide bonds. The summed E-state index contributed by atoms with van der Waals surface area (Å²) in [6.45, 7) is 7.50. The highest BCUT2D eigenvalue weighted by atomic mass is 32.2. The number of carbonyl (C=O) groups excluding carboxylic acids is 3. The lowest BCUT2D eigenvalue weighted by molar-refractivity contribution is -0.394. The van der Waals surface area contributed by atoms with E-state index in [1.165, 1.54) is 25.3 Å². The number of nitrogens with zero attached hydrogens (tertiary/aromatic N) is 2. The number of carbonyl (C=O) groups is 3. The van der Waals surface area contributed by atoms with Crippen molar-refractivity contribution in [3.8, 4) is 5.75 Å². The van der Waals surface area contributed by atoms with E-state index in [1.807, 2.05) is 6.07 Å². The van der Waals surface area contributed by atoms with Crippen LogP contribution in [-0.4, -0.2) is 86.0 Å². The highest BCUT2D eigenvalue weighted by Crippen LogP contribution is 2.25. The minimum absolute atomic E-state index is 0.0120. The maximum Gasteiger partial charge on any atom is 0.407 e. The zero-order valence-electron chi connectivity index (χ0n) is 31.6. The molecule has 0 atom stereocenters. The molecule has 0 spiro atoms. The second-order valence-electron chi connectivity index (χ2n) is 12.8. The average Bonchev–Trinajstić information content (AvgIpc) is 3.14. The number of benzene rings is 3. The molecule has 0 saturated carbocycles. The molecular formula is C38H46N4O13S. The van der Waals surface area contributed by atoms with Crippen LogP contribution in [0.15, 0.2) is 71.6 Å². The fraction of sp³-hybridized carbons (Fsp3) is 0.395. The first kappa shape index (κ1) is 45.0. The Labute approximate surface area is 328 Å². The first-order valence-corrected chi connectivity index (χ1v) is 18.2. The number of non-ortho nitro benzene ring substituents is 2. The van der Waals surface area contributed by atoms with Crippen molar-refractivity contribution >= 4 is 46.3 Å². The first-order chi connectivity index (χ1) is 26.7. The molecule has 0 fully saturated rings. The molecule has 56 heavy (non-hydrogen) atoms. The van der Waals surface area contributed by atoms with Crippen molar-refractivity contribution in [2.45, 2.75) is 50.8 Å². The number of hydrogen-bond donors (Lipinski definition) is 2. The molecule has 0 aliphatic heterocycles. The van der Waals surface area contributed by atoms with Crippen LogP contribution in [0.2, 0.25) is 0 Å². The summed E-state index contributed by atoms with van der Waals surface area (Å²) in [6, 6.07) is 15.4. The number of nitro benzene ring substituents is 2. The Hall–Kier alpha value is -5.40. The number of hydrogen-bond acceptors (Lipinski definition) is 14. The minimum Gasteiger partial charge on any atom is -0.468 e. The maximum atomic E-state index is 12.8. The standard InChI is InChI=1S/C38H46N4O13S/c1-38(2,3)55-37(45)39-13-14-51-15-16-52-17-18-53-25-30-22-33(54-26-50-4)9-7-29(30)8-12-36(44)56-34-10-5-27(6-11-34)21-35(43)40-24-28-19-31(41(46)47)23-32(20-28)42(48)49/h5-12,19-20,22-23H,13-18,21,24-26H2,1-4H3,(H,39,45)(H,40,43)/b12-8+. The number of ether oxygens (including phenoxy) is 6. The number of nitro groups is 2. The third-order valence-corrected chi connectivity index (χ3v) is 8.00. The molecule has 3 aromatic rings. The smallest absolute Gasteiger partial charge is 0.407 e. The molecule has 0 aromatic heterocycles. The van der Waals surface area contributed by atoms with Gasteiger partial charge in [0.05, 0.1) is 62.0 Å². The second-order valence-corrected chi connectivity index (χ2v) is 13.9. The van der Waals surface area contributed by atoms with Gasteiger partial charge >= 0.3 is 6.09 Å². The van der Waals surface area contributed by atoms with Crippen LogP contribution in [0.25, 0.3) is 6.08 Å². The van der Waals surface area contributed by atoms with Crippen LogP contribution >= 0.6 is 11.8 Å². The Morgan fingerprint density at radius 1 is 0.804 bits per heavy atom. The van der Waals surface area contributed by atoms with E-state index >= 15 is 0 Å². The summed E-state index contributed by atoms with van der Waals surface area (Å²) in [5.41, 5.74) is 0.956. The molecule has 0 unspecified atom stereocenters. The number of methoxy groups -OCH3 is 1. The van der Waals surface area contributed by atoms with Crippen LogP contribution in [-0.2, 0) is 52.8 Å². The van der Waals surface area contributed by atoms with Crippen molar-refractivity contribution in [2.75, 3.05) is 53.5 Å². The summed E-state index contributed by atoms with van der Waals surface area (Å²) in [6.07, 6.45) is 2.63. The Kier molecular flexibility index (Phi) is 18.9. The molecule has 0 heterocycles. The van der Waals surface area contributed by atoms with E-state index in [0.717, 1.165) is 29.0 Å². The second kappa shape index (κ2) is 23.5. The van der Waals surface area contributed by atoms with E-state index in [1.54, 1.807) is 63.2 Å². The van der Waals surface area contributed by atoms with Crippen molar-refractivity contribution in [3.63, 3.8) is 0 Å². The SMILES string of the molecule is COCOc1ccc(/C=C/C(=O)Sc2ccc(CC(=O)NCc3cc([N+](=O)[O-])cc([N+](=O)[O-])c3)cc2)c(COCCOCCOCCNC(=O)OC(C)(C)C)c1. The third-order valence-electron chi connectivity index (χ3n) is 7.15. The predicted molar refractivity (Wildman–Crippen MR) is 206 cm³/mol. The van der Waals surface area contributed by atoms with Crippen molar-refractivity contribution in [3.05, 3.63) is 109 Å². The number of thioether (sulfide) groups is 1. The van der Waals surface area contributed by atoms with E-state index in [4.69, 9.17) is 28.4 Å². The van der Waals surface area contributed by atoms with E-state index in [-0.39, 0.29) is 37.0 Å². The van der Waals surface area contributed by atoms with E-state index in [0.29, 0.717) is 55.8 Å². The molecule has 302 valence electrons. The maximum absolute atomic E-state index is 12.8. The lowest BCUT2D eigenvalue weighted by Gasteiger charge is -2.19. The summed E-state index contributed by atoms with van der Waals surface area (Å²) in [5, 5.41) is 27.2. The number of alkyl carbamates (subject to hydrolysis) is 1. The summed E-state index contributed by atoms with van der Waals surface area (Å²) >= 11 is 1.00.